The van der Waals surface area contributed by atoms with E-state index in [1.54, 1.807) is 27.8 Å². The molecular weight excluding hydrogens is 174 g/mol. The lowest BCUT2D eigenvalue weighted by Crippen LogP contribution is -2.41. The summed E-state index contributed by atoms with van der Waals surface area (Å²) in [6.45, 7) is 7.06. The van der Waals surface area contributed by atoms with Crippen molar-refractivity contribution in [2.45, 2.75) is 44.2 Å². The summed E-state index contributed by atoms with van der Waals surface area (Å²) in [5.74, 6) is 0. The van der Waals surface area contributed by atoms with Crippen molar-refractivity contribution in [3.8, 4) is 0 Å². The third-order valence-corrected chi connectivity index (χ3v) is 5.09. The number of hydrogen-bond donors (Lipinski definition) is 1. The number of nitrogens with one attached hydrogen (secondary N) is 1. The van der Waals surface area contributed by atoms with Crippen LogP contribution in [0.1, 0.15) is 27.7 Å². The van der Waals surface area contributed by atoms with Gasteiger partial charge in [0, 0.05) is 6.04 Å². The van der Waals surface area contributed by atoms with E-state index in [4.69, 9.17) is 0 Å². The van der Waals surface area contributed by atoms with Gasteiger partial charge in [0.2, 0.25) is 0 Å². The topological polar surface area (TPSA) is 46.2 Å². The Morgan fingerprint density at radius 3 is 1.75 bits per heavy atom. The first kappa shape index (κ1) is 11.9. The van der Waals surface area contributed by atoms with Crippen LogP contribution in [0.25, 0.3) is 0 Å². The van der Waals surface area contributed by atoms with Gasteiger partial charge in [-0.25, -0.2) is 8.42 Å². The van der Waals surface area contributed by atoms with Crippen molar-refractivity contribution in [1.29, 1.82) is 0 Å². The third-order valence-electron chi connectivity index (χ3n) is 2.33. The SMILES string of the molecule is CNC(C)C(C)S(=O)(=O)C(C)C. The van der Waals surface area contributed by atoms with Crippen LogP contribution in [0.3, 0.4) is 0 Å². The fourth-order valence-corrected chi connectivity index (χ4v) is 2.51. The van der Waals surface area contributed by atoms with Crippen molar-refractivity contribution < 1.29 is 8.42 Å². The summed E-state index contributed by atoms with van der Waals surface area (Å²) in [7, 11) is -1.18. The molecule has 0 saturated carbocycles. The molecule has 2 atom stereocenters. The Morgan fingerprint density at radius 2 is 1.50 bits per heavy atom. The first-order chi connectivity index (χ1) is 5.34. The van der Waals surface area contributed by atoms with Crippen molar-refractivity contribution in [1.82, 2.24) is 5.32 Å². The normalized spacial score (nSPS) is 17.8. The van der Waals surface area contributed by atoms with E-state index in [9.17, 15) is 8.42 Å². The summed E-state index contributed by atoms with van der Waals surface area (Å²) in [5, 5.41) is 2.34. The van der Waals surface area contributed by atoms with Crippen LogP contribution >= 0.6 is 0 Å². The lowest BCUT2D eigenvalue weighted by Gasteiger charge is -2.21. The molecule has 0 aromatic carbocycles. The highest BCUT2D eigenvalue weighted by atomic mass is 32.2. The van der Waals surface area contributed by atoms with Gasteiger partial charge in [0.25, 0.3) is 0 Å². The lowest BCUT2D eigenvalue weighted by molar-refractivity contribution is 0.533. The van der Waals surface area contributed by atoms with Crippen molar-refractivity contribution in [2.24, 2.45) is 0 Å². The molecule has 0 bridgehead atoms. The second kappa shape index (κ2) is 4.23. The van der Waals surface area contributed by atoms with Gasteiger partial charge < -0.3 is 5.32 Å². The second-order valence-corrected chi connectivity index (χ2v) is 6.28. The molecule has 0 rings (SSSR count). The predicted molar refractivity (Wildman–Crippen MR) is 52.0 cm³/mol. The van der Waals surface area contributed by atoms with E-state index < -0.39 is 9.84 Å². The third kappa shape index (κ3) is 2.45. The standard InChI is InChI=1S/C8H19NO2S/c1-6(2)12(10,11)8(4)7(3)9-5/h6-9H,1-5H3. The Labute approximate surface area is 75.5 Å². The zero-order valence-electron chi connectivity index (χ0n) is 8.46. The molecule has 0 aromatic heterocycles. The molecule has 74 valence electrons. The summed E-state index contributed by atoms with van der Waals surface area (Å²) < 4.78 is 23.2. The van der Waals surface area contributed by atoms with Crippen molar-refractivity contribution >= 4 is 9.84 Å². The van der Waals surface area contributed by atoms with Crippen LogP contribution in [0.2, 0.25) is 0 Å². The van der Waals surface area contributed by atoms with Gasteiger partial charge >= 0.3 is 0 Å². The quantitative estimate of drug-likeness (QED) is 0.718. The monoisotopic (exact) mass is 193 g/mol. The second-order valence-electron chi connectivity index (χ2n) is 3.42. The maximum absolute atomic E-state index is 11.6. The Hall–Kier alpha value is -0.0900. The summed E-state index contributed by atoms with van der Waals surface area (Å²) in [6.07, 6.45) is 0. The molecule has 12 heavy (non-hydrogen) atoms. The molecule has 0 aliphatic rings. The molecule has 2 unspecified atom stereocenters. The summed E-state index contributed by atoms with van der Waals surface area (Å²) in [5.41, 5.74) is 0. The molecule has 3 nitrogen and oxygen atoms in total. The Balaban J connectivity index is 4.58. The van der Waals surface area contributed by atoms with E-state index >= 15 is 0 Å². The fourth-order valence-electron chi connectivity index (χ4n) is 0.949. The van der Waals surface area contributed by atoms with Gasteiger partial charge in [0.1, 0.15) is 0 Å². The first-order valence-electron chi connectivity index (χ1n) is 4.24. The minimum Gasteiger partial charge on any atom is -0.316 e. The van der Waals surface area contributed by atoms with E-state index in [1.165, 1.54) is 0 Å². The van der Waals surface area contributed by atoms with E-state index in [0.717, 1.165) is 0 Å². The van der Waals surface area contributed by atoms with Crippen molar-refractivity contribution in [3.05, 3.63) is 0 Å². The number of sulfone groups is 1. The Morgan fingerprint density at radius 1 is 1.08 bits per heavy atom. The van der Waals surface area contributed by atoms with Crippen LogP contribution in [-0.4, -0.2) is 32.0 Å². The van der Waals surface area contributed by atoms with Gasteiger partial charge in [0.05, 0.1) is 10.5 Å². The molecule has 0 amide bonds. The average molecular weight is 193 g/mol. The molecule has 1 N–H and O–H groups in total. The van der Waals surface area contributed by atoms with Gasteiger partial charge in [-0.1, -0.05) is 0 Å². The van der Waals surface area contributed by atoms with E-state index in [0.29, 0.717) is 0 Å². The maximum atomic E-state index is 11.6. The first-order valence-corrected chi connectivity index (χ1v) is 5.85. The van der Waals surface area contributed by atoms with E-state index in [1.807, 2.05) is 6.92 Å². The highest BCUT2D eigenvalue weighted by molar-refractivity contribution is 7.92. The minimum absolute atomic E-state index is 0.0115. The van der Waals surface area contributed by atoms with Crippen LogP contribution < -0.4 is 5.32 Å². The molecule has 0 spiro atoms. The molecule has 4 heteroatoms. The van der Waals surface area contributed by atoms with Gasteiger partial charge in [-0.3, -0.25) is 0 Å². The smallest absolute Gasteiger partial charge is 0.156 e. The van der Waals surface area contributed by atoms with Gasteiger partial charge in [0.15, 0.2) is 9.84 Å². The summed E-state index contributed by atoms with van der Waals surface area (Å²) >= 11 is 0. The molecule has 0 aliphatic heterocycles. The van der Waals surface area contributed by atoms with Crippen LogP contribution in [0.4, 0.5) is 0 Å². The highest BCUT2D eigenvalue weighted by Crippen LogP contribution is 2.11. The fraction of sp³-hybridized carbons (Fsp3) is 1.00. The van der Waals surface area contributed by atoms with Crippen LogP contribution in [0.15, 0.2) is 0 Å². The minimum atomic E-state index is -2.95. The maximum Gasteiger partial charge on any atom is 0.156 e. The average Bonchev–Trinajstić information content (AvgIpc) is 2.01. The van der Waals surface area contributed by atoms with Crippen molar-refractivity contribution in [2.75, 3.05) is 7.05 Å². The zero-order chi connectivity index (χ0) is 9.94. The predicted octanol–water partition coefficient (Wildman–Crippen LogP) is 0.806. The molecule has 0 heterocycles. The molecule has 0 fully saturated rings. The van der Waals surface area contributed by atoms with Crippen LogP contribution in [0, 0.1) is 0 Å². The summed E-state index contributed by atoms with van der Waals surface area (Å²) in [6, 6.07) is 0.0115. The Kier molecular flexibility index (Phi) is 4.20. The van der Waals surface area contributed by atoms with E-state index in [2.05, 4.69) is 5.32 Å². The lowest BCUT2D eigenvalue weighted by atomic mass is 10.3. The zero-order valence-corrected chi connectivity index (χ0v) is 9.27. The summed E-state index contributed by atoms with van der Waals surface area (Å²) in [4.78, 5) is 0. The van der Waals surface area contributed by atoms with Crippen LogP contribution in [-0.2, 0) is 9.84 Å². The van der Waals surface area contributed by atoms with Gasteiger partial charge in [-0.2, -0.15) is 0 Å². The molecule has 0 aromatic rings. The molecular formula is C8H19NO2S. The van der Waals surface area contributed by atoms with Crippen LogP contribution in [0.5, 0.6) is 0 Å². The molecule has 0 aliphatic carbocycles. The number of rotatable bonds is 4. The van der Waals surface area contributed by atoms with Gasteiger partial charge in [-0.05, 0) is 34.7 Å². The van der Waals surface area contributed by atoms with E-state index in [-0.39, 0.29) is 16.5 Å². The Bertz CT molecular complexity index is 221. The highest BCUT2D eigenvalue weighted by Gasteiger charge is 2.28. The number of hydrogen-bond acceptors (Lipinski definition) is 3. The molecule has 0 saturated heterocycles. The van der Waals surface area contributed by atoms with Gasteiger partial charge in [-0.15, -0.1) is 0 Å². The van der Waals surface area contributed by atoms with Crippen molar-refractivity contribution in [3.63, 3.8) is 0 Å². The molecule has 0 radical (unpaired) electrons. The largest absolute Gasteiger partial charge is 0.316 e.